The smallest absolute Gasteiger partial charge is 0.338 e. The van der Waals surface area contributed by atoms with Gasteiger partial charge in [-0.2, -0.15) is 0 Å². The highest BCUT2D eigenvalue weighted by atomic mass is 28.4. The summed E-state index contributed by atoms with van der Waals surface area (Å²) < 4.78 is 37.6. The first-order valence-corrected chi connectivity index (χ1v) is 44.5. The Balaban J connectivity index is 1.64. The van der Waals surface area contributed by atoms with E-state index in [9.17, 15) is 9.59 Å². The van der Waals surface area contributed by atoms with Crippen LogP contribution in [-0.4, -0.2) is 58.4 Å². The molecule has 0 N–H and O–H groups in total. The van der Waals surface area contributed by atoms with Crippen molar-refractivity contribution in [3.8, 4) is 94.0 Å². The van der Waals surface area contributed by atoms with Crippen molar-refractivity contribution in [2.24, 2.45) is 0 Å². The number of esters is 2. The Bertz CT molecular complexity index is 4170. The van der Waals surface area contributed by atoms with Crippen molar-refractivity contribution in [2.75, 3.05) is 13.2 Å². The van der Waals surface area contributed by atoms with Crippen molar-refractivity contribution < 1.29 is 36.8 Å². The lowest BCUT2D eigenvalue weighted by Gasteiger charge is -2.36. The van der Waals surface area contributed by atoms with E-state index >= 15 is 0 Å². The maximum absolute atomic E-state index is 12.9. The molecule has 0 unspecified atom stereocenters. The molecule has 8 nitrogen and oxygen atoms in total. The Morgan fingerprint density at radius 2 is 0.427 bits per heavy atom. The highest BCUT2D eigenvalue weighted by molar-refractivity contribution is 6.76. The first kappa shape index (κ1) is 74.3. The fourth-order valence-electron chi connectivity index (χ4n) is 8.33. The third-order valence-corrected chi connectivity index (χ3v) is 35.9. The molecule has 494 valence electrons. The van der Waals surface area contributed by atoms with Crippen LogP contribution in [0.1, 0.15) is 184 Å². The van der Waals surface area contributed by atoms with Crippen LogP contribution in [0.4, 0.5) is 0 Å². The molecule has 0 spiro atoms. The van der Waals surface area contributed by atoms with Crippen LogP contribution in [0.2, 0.25) is 72.5 Å². The first-order valence-electron chi connectivity index (χ1n) is 32.9. The van der Waals surface area contributed by atoms with E-state index in [1.54, 1.807) is 62.4 Å². The summed E-state index contributed by atoms with van der Waals surface area (Å²) in [4.78, 5) is 25.9. The van der Waals surface area contributed by atoms with Crippen LogP contribution in [-0.2, 0) is 9.47 Å². The Labute approximate surface area is 578 Å². The zero-order valence-corrected chi connectivity index (χ0v) is 64.5. The molecule has 0 saturated heterocycles. The fourth-order valence-corrected chi connectivity index (χ4v) is 12.5. The molecule has 0 aromatic heterocycles. The summed E-state index contributed by atoms with van der Waals surface area (Å²) in [5, 5.41) is -0.0519. The Hall–Kier alpha value is -9.09. The Morgan fingerprint density at radius 3 is 0.573 bits per heavy atom. The minimum Gasteiger partial charge on any atom is -0.544 e. The molecule has 0 aliphatic heterocycles. The van der Waals surface area contributed by atoms with Gasteiger partial charge in [0.2, 0.25) is 33.3 Å². The molecular formula is C84H94O8Si4. The van der Waals surface area contributed by atoms with Gasteiger partial charge in [-0.05, 0) is 232 Å². The topological polar surface area (TPSA) is 89.5 Å². The van der Waals surface area contributed by atoms with E-state index in [2.05, 4.69) is 207 Å². The van der Waals surface area contributed by atoms with Gasteiger partial charge in [0.15, 0.2) is 0 Å². The highest BCUT2D eigenvalue weighted by Gasteiger charge is 2.42. The highest BCUT2D eigenvalue weighted by Crippen LogP contribution is 2.41. The molecule has 0 heterocycles. The van der Waals surface area contributed by atoms with Crippen LogP contribution in [0.25, 0.3) is 0 Å². The molecule has 7 aromatic carbocycles. The molecule has 96 heavy (non-hydrogen) atoms. The fraction of sp³-hybridized carbons (Fsp3) is 0.333. The molecule has 0 fully saturated rings. The molecule has 0 aliphatic carbocycles. The standard InChI is InChI=1S/C84H94O8Si4/c1-23-87-79(85)67-43-25-61(26-44-67)37-55-73-75(57-39-63-29-47-69(48-30-63)89-93(15,16)81(3,4)5)74(56-38-62-27-45-68(46-28-62)80(86)88-24-2)77(59-41-65-33-51-71(52-34-65)91-95(19,20)83(9,10)11)78(60-42-66-35-53-72(54-36-66)92-96(21,22)84(12,13)14)76(73)58-40-64-31-49-70(50-32-64)90-94(17,18)82(6,7)8/h25-36,43-54H,23-24H2,1-22H3. The lowest BCUT2D eigenvalue weighted by molar-refractivity contribution is 0.0516. The second kappa shape index (κ2) is 30.3. The van der Waals surface area contributed by atoms with Crippen molar-refractivity contribution in [2.45, 2.75) is 169 Å². The van der Waals surface area contributed by atoms with E-state index in [-0.39, 0.29) is 33.4 Å². The summed E-state index contributed by atoms with van der Waals surface area (Å²) in [7, 11) is -8.72. The third-order valence-electron chi connectivity index (χ3n) is 18.4. The number of ether oxygens (including phenoxy) is 2. The molecular weight excluding hydrogens is 1250 g/mol. The minimum absolute atomic E-state index is 0.0123. The van der Waals surface area contributed by atoms with Gasteiger partial charge in [-0.1, -0.05) is 154 Å². The number of rotatable bonds is 12. The van der Waals surface area contributed by atoms with Crippen molar-refractivity contribution in [3.63, 3.8) is 0 Å². The van der Waals surface area contributed by atoms with E-state index in [4.69, 9.17) is 27.2 Å². The van der Waals surface area contributed by atoms with Crippen LogP contribution in [0.15, 0.2) is 146 Å². The van der Waals surface area contributed by atoms with E-state index in [1.807, 2.05) is 97.1 Å². The van der Waals surface area contributed by atoms with E-state index < -0.39 is 45.2 Å². The van der Waals surface area contributed by atoms with Crippen molar-refractivity contribution in [1.82, 2.24) is 0 Å². The van der Waals surface area contributed by atoms with Crippen LogP contribution in [0, 0.1) is 71.0 Å². The van der Waals surface area contributed by atoms with Gasteiger partial charge in [-0.15, -0.1) is 0 Å². The largest absolute Gasteiger partial charge is 0.544 e. The molecule has 7 rings (SSSR count). The maximum Gasteiger partial charge on any atom is 0.338 e. The lowest BCUT2D eigenvalue weighted by Crippen LogP contribution is -2.43. The summed E-state index contributed by atoms with van der Waals surface area (Å²) in [6.45, 7) is 48.5. The molecule has 0 aliphatic rings. The van der Waals surface area contributed by atoms with Gasteiger partial charge in [0.25, 0.3) is 0 Å². The normalized spacial score (nSPS) is 11.7. The first-order chi connectivity index (χ1) is 44.8. The minimum atomic E-state index is -2.18. The van der Waals surface area contributed by atoms with E-state index in [0.29, 0.717) is 61.2 Å². The molecule has 0 bridgehead atoms. The number of carbonyl (C=O) groups is 2. The second-order valence-corrected chi connectivity index (χ2v) is 48.8. The maximum atomic E-state index is 12.9. The second-order valence-electron chi connectivity index (χ2n) is 29.9. The summed E-state index contributed by atoms with van der Waals surface area (Å²) in [6.07, 6.45) is 0. The van der Waals surface area contributed by atoms with Crippen molar-refractivity contribution in [3.05, 3.63) is 223 Å². The van der Waals surface area contributed by atoms with E-state index in [1.165, 1.54) is 0 Å². The zero-order chi connectivity index (χ0) is 70.7. The van der Waals surface area contributed by atoms with Crippen molar-refractivity contribution in [1.29, 1.82) is 0 Å². The number of benzene rings is 7. The Morgan fingerprint density at radius 1 is 0.271 bits per heavy atom. The van der Waals surface area contributed by atoms with E-state index in [0.717, 1.165) is 39.7 Å². The molecule has 12 heteroatoms. The van der Waals surface area contributed by atoms with Gasteiger partial charge in [0.1, 0.15) is 23.0 Å². The van der Waals surface area contributed by atoms with Gasteiger partial charge in [0, 0.05) is 33.4 Å². The number of hydrogen-bond donors (Lipinski definition) is 0. The predicted molar refractivity (Wildman–Crippen MR) is 404 cm³/mol. The van der Waals surface area contributed by atoms with Crippen LogP contribution in [0.3, 0.4) is 0 Å². The number of carbonyl (C=O) groups excluding carboxylic acids is 2. The summed E-state index contributed by atoms with van der Waals surface area (Å²) in [5.74, 6) is 44.8. The average Bonchev–Trinajstić information content (AvgIpc) is 0.764. The van der Waals surface area contributed by atoms with Gasteiger partial charge in [0.05, 0.1) is 57.7 Å². The number of hydrogen-bond acceptors (Lipinski definition) is 8. The monoisotopic (exact) mass is 1340 g/mol. The van der Waals surface area contributed by atoms with Crippen LogP contribution < -0.4 is 17.7 Å². The van der Waals surface area contributed by atoms with Crippen LogP contribution >= 0.6 is 0 Å². The molecule has 0 atom stereocenters. The summed E-state index contributed by atoms with van der Waals surface area (Å²) in [6, 6.07) is 45.5. The van der Waals surface area contributed by atoms with Gasteiger partial charge < -0.3 is 27.2 Å². The summed E-state index contributed by atoms with van der Waals surface area (Å²) >= 11 is 0. The van der Waals surface area contributed by atoms with Gasteiger partial charge in [-0.25, -0.2) is 9.59 Å². The van der Waals surface area contributed by atoms with Gasteiger partial charge in [-0.3, -0.25) is 0 Å². The predicted octanol–water partition coefficient (Wildman–Crippen LogP) is 20.0. The van der Waals surface area contributed by atoms with Gasteiger partial charge >= 0.3 is 11.9 Å². The molecule has 7 aromatic rings. The molecule has 0 radical (unpaired) electrons. The Kier molecular flexibility index (Phi) is 23.5. The average molecular weight is 1340 g/mol. The quantitative estimate of drug-likeness (QED) is 0.0679. The lowest BCUT2D eigenvalue weighted by atomic mass is 9.86. The molecule has 0 amide bonds. The third kappa shape index (κ3) is 19.5. The molecule has 0 saturated carbocycles. The van der Waals surface area contributed by atoms with Crippen LogP contribution in [0.5, 0.6) is 23.0 Å². The van der Waals surface area contributed by atoms with Crippen molar-refractivity contribution >= 4 is 45.2 Å². The SMILES string of the molecule is CCOC(=O)c1ccc(C#Cc2c(C#Cc3ccc(O[Si](C)(C)C(C)(C)C)cc3)c(C#Cc3ccc(O[Si](C)(C)C(C)(C)C)cc3)c(C#Cc3ccc(O[Si](C)(C)C(C)(C)C)cc3)c(C#Cc3ccc(C(=O)OCC)cc3)c2C#Cc2ccc(O[Si](C)(C)C(C)(C)C)cc2)cc1. The summed E-state index contributed by atoms with van der Waals surface area (Å²) in [5.41, 5.74) is 7.63. The zero-order valence-electron chi connectivity index (χ0n) is 60.5.